The van der Waals surface area contributed by atoms with Gasteiger partial charge in [0.05, 0.1) is 6.61 Å². The predicted molar refractivity (Wildman–Crippen MR) is 140 cm³/mol. The van der Waals surface area contributed by atoms with Gasteiger partial charge in [0.25, 0.3) is 0 Å². The summed E-state index contributed by atoms with van der Waals surface area (Å²) < 4.78 is 9.38. The van der Waals surface area contributed by atoms with Gasteiger partial charge in [0, 0.05) is 36.9 Å². The summed E-state index contributed by atoms with van der Waals surface area (Å²) >= 11 is 0. The Kier molecular flexibility index (Phi) is 7.31. The lowest BCUT2D eigenvalue weighted by Crippen LogP contribution is -2.58. The monoisotopic (exact) mass is 452 g/mol. The molecule has 1 aliphatic rings. The van der Waals surface area contributed by atoms with Crippen molar-refractivity contribution in [2.45, 2.75) is 64.7 Å². The van der Waals surface area contributed by atoms with E-state index in [4.69, 9.17) is 4.43 Å². The molecule has 168 valence electrons. The van der Waals surface area contributed by atoms with Gasteiger partial charge in [-0.05, 0) is 49.8 Å². The summed E-state index contributed by atoms with van der Waals surface area (Å²) in [5, 5.41) is 0. The Morgan fingerprint density at radius 1 is 0.903 bits per heavy atom. The largest absolute Gasteiger partial charge is 0.416 e. The van der Waals surface area contributed by atoms with Gasteiger partial charge in [-0.25, -0.2) is 0 Å². The van der Waals surface area contributed by atoms with E-state index in [1.54, 1.807) is 0 Å². The van der Waals surface area contributed by atoms with E-state index in [1.807, 2.05) is 0 Å². The van der Waals surface area contributed by atoms with Crippen LogP contribution in [0, 0.1) is 0 Å². The van der Waals surface area contributed by atoms with E-state index in [0.717, 1.165) is 13.0 Å². The van der Waals surface area contributed by atoms with Crippen molar-refractivity contribution in [2.24, 2.45) is 0 Å². The first kappa shape index (κ1) is 24.0. The second-order valence-corrected chi connectivity index (χ2v) is 20.0. The Balaban J connectivity index is 2.11. The predicted octanol–water partition coefficient (Wildman–Crippen LogP) is 6.90. The van der Waals surface area contributed by atoms with Crippen LogP contribution < -0.4 is 4.90 Å². The summed E-state index contributed by atoms with van der Waals surface area (Å²) in [6, 6.07) is 22.5. The van der Waals surface area contributed by atoms with Crippen molar-refractivity contribution < 1.29 is 4.43 Å². The van der Waals surface area contributed by atoms with Crippen molar-refractivity contribution in [3.8, 4) is 0 Å². The molecule has 2 unspecified atom stereocenters. The molecule has 0 fully saturated rings. The summed E-state index contributed by atoms with van der Waals surface area (Å²) in [4.78, 5) is 2.40. The van der Waals surface area contributed by atoms with Crippen molar-refractivity contribution in [3.05, 3.63) is 77.5 Å². The number of hydrogen-bond donors (Lipinski definition) is 0. The number of rotatable bonds is 7. The molecule has 0 saturated carbocycles. The quantitative estimate of drug-likeness (QED) is 0.425. The summed E-state index contributed by atoms with van der Waals surface area (Å²) in [7, 11) is -1.03. The van der Waals surface area contributed by atoms with Gasteiger partial charge in [-0.3, -0.25) is 0 Å². The van der Waals surface area contributed by atoms with E-state index in [1.165, 1.54) is 22.5 Å². The molecule has 0 amide bonds. The molecule has 3 rings (SSSR count). The molecule has 2 aromatic carbocycles. The highest BCUT2D eigenvalue weighted by Gasteiger charge is 2.43. The zero-order valence-electron chi connectivity index (χ0n) is 20.6. The average Bonchev–Trinajstić information content (AvgIpc) is 2.72. The van der Waals surface area contributed by atoms with Gasteiger partial charge >= 0.3 is 0 Å². The molecular weight excluding hydrogens is 412 g/mol. The normalized spacial score (nSPS) is 20.8. The lowest BCUT2D eigenvalue weighted by Gasteiger charge is -2.51. The molecule has 0 radical (unpaired) electrons. The fraction of sp³-hybridized carbons (Fsp3) is 0.462. The number of nitrogens with zero attached hydrogens (tertiary/aromatic N) is 2. The van der Waals surface area contributed by atoms with Crippen LogP contribution in [0.4, 0.5) is 5.69 Å². The van der Waals surface area contributed by atoms with Crippen LogP contribution in [0.2, 0.25) is 39.3 Å². The van der Waals surface area contributed by atoms with Crippen LogP contribution in [0.3, 0.4) is 0 Å². The van der Waals surface area contributed by atoms with E-state index >= 15 is 0 Å². The topological polar surface area (TPSA) is 15.7 Å². The van der Waals surface area contributed by atoms with Crippen LogP contribution in [0.1, 0.15) is 24.9 Å². The Morgan fingerprint density at radius 2 is 1.45 bits per heavy atom. The van der Waals surface area contributed by atoms with Crippen LogP contribution >= 0.6 is 0 Å². The maximum Gasteiger partial charge on any atom is 0.183 e. The first-order valence-electron chi connectivity index (χ1n) is 11.4. The Morgan fingerprint density at radius 3 is 1.97 bits per heavy atom. The maximum absolute atomic E-state index is 6.55. The van der Waals surface area contributed by atoms with Gasteiger partial charge in [0.15, 0.2) is 8.32 Å². The summed E-state index contributed by atoms with van der Waals surface area (Å²) in [5.41, 5.74) is 5.54. The third-order valence-electron chi connectivity index (χ3n) is 6.19. The van der Waals surface area contributed by atoms with E-state index in [2.05, 4.69) is 123 Å². The Hall–Kier alpha value is -1.67. The first-order chi connectivity index (χ1) is 14.5. The summed E-state index contributed by atoms with van der Waals surface area (Å²) in [6.07, 6.45) is 1.02. The molecule has 0 aliphatic carbocycles. The number of benzene rings is 2. The minimum Gasteiger partial charge on any atom is -0.416 e. The Labute approximate surface area is 192 Å². The molecule has 0 N–H and O–H groups in total. The number of anilines is 1. The van der Waals surface area contributed by atoms with Crippen molar-refractivity contribution in [2.75, 3.05) is 18.6 Å². The highest BCUT2D eigenvalue weighted by atomic mass is 28.4. The fourth-order valence-corrected chi connectivity index (χ4v) is 7.73. The molecule has 31 heavy (non-hydrogen) atoms. The van der Waals surface area contributed by atoms with Crippen LogP contribution in [0.15, 0.2) is 71.9 Å². The molecule has 0 spiro atoms. The maximum atomic E-state index is 6.55. The zero-order valence-corrected chi connectivity index (χ0v) is 22.6. The molecular formula is C26H40N2OSi2. The van der Waals surface area contributed by atoms with Crippen molar-refractivity contribution in [1.82, 2.24) is 4.57 Å². The van der Waals surface area contributed by atoms with Gasteiger partial charge < -0.3 is 13.9 Å². The van der Waals surface area contributed by atoms with Gasteiger partial charge in [-0.1, -0.05) is 68.2 Å². The fourth-order valence-electron chi connectivity index (χ4n) is 4.69. The highest BCUT2D eigenvalue weighted by Crippen LogP contribution is 2.43. The molecule has 3 nitrogen and oxygen atoms in total. The molecule has 0 bridgehead atoms. The second-order valence-electron chi connectivity index (χ2n) is 10.7. The molecule has 2 aromatic rings. The lowest BCUT2D eigenvalue weighted by molar-refractivity contribution is 0.167. The van der Waals surface area contributed by atoms with E-state index < -0.39 is 16.6 Å². The van der Waals surface area contributed by atoms with Crippen molar-refractivity contribution in [1.29, 1.82) is 0 Å². The second kappa shape index (κ2) is 9.45. The Bertz CT molecular complexity index is 885. The minimum absolute atomic E-state index is 0.304. The number of hydrogen-bond acceptors (Lipinski definition) is 3. The zero-order chi connectivity index (χ0) is 22.8. The highest BCUT2D eigenvalue weighted by molar-refractivity contribution is 6.73. The summed E-state index contributed by atoms with van der Waals surface area (Å²) in [5.74, 6) is 0. The van der Waals surface area contributed by atoms with Gasteiger partial charge in [-0.2, -0.15) is 0 Å². The third-order valence-corrected chi connectivity index (χ3v) is 9.40. The number of para-hydroxylation sites is 1. The van der Waals surface area contributed by atoms with Crippen LogP contribution in [-0.4, -0.2) is 40.8 Å². The third kappa shape index (κ3) is 5.77. The van der Waals surface area contributed by atoms with Crippen LogP contribution in [0.5, 0.6) is 0 Å². The van der Waals surface area contributed by atoms with Crippen LogP contribution in [-0.2, 0) is 4.43 Å². The first-order valence-corrected chi connectivity index (χ1v) is 18.3. The van der Waals surface area contributed by atoms with Crippen molar-refractivity contribution in [3.63, 3.8) is 0 Å². The average molecular weight is 453 g/mol. The molecule has 5 heteroatoms. The lowest BCUT2D eigenvalue weighted by atomic mass is 9.90. The molecule has 0 aromatic heterocycles. The summed E-state index contributed by atoms with van der Waals surface area (Å²) in [6.45, 7) is 17.4. The van der Waals surface area contributed by atoms with Gasteiger partial charge in [-0.15, -0.1) is 0 Å². The van der Waals surface area contributed by atoms with Crippen LogP contribution in [0.25, 0.3) is 0 Å². The minimum atomic E-state index is -1.63. The molecule has 0 saturated heterocycles. The molecule has 1 heterocycles. The SMILES string of the molecule is CC1=C(N(C)c2ccccc2)CC(c2ccccc2)N([Si](C)(C)C)C1CO[Si](C)(C)C. The smallest absolute Gasteiger partial charge is 0.183 e. The molecule has 2 atom stereocenters. The van der Waals surface area contributed by atoms with E-state index in [-0.39, 0.29) is 0 Å². The molecule has 1 aliphatic heterocycles. The van der Waals surface area contributed by atoms with E-state index in [0.29, 0.717) is 12.1 Å². The van der Waals surface area contributed by atoms with E-state index in [9.17, 15) is 0 Å². The van der Waals surface area contributed by atoms with Crippen molar-refractivity contribution >= 4 is 22.2 Å². The standard InChI is InChI=1S/C26H40N2OSi2/c1-21-24(27(2)23-17-13-10-14-18-23)19-25(22-15-11-9-12-16-22)28(30(3,4)5)26(21)20-29-31(6,7)8/h9-18,25-26H,19-20H2,1-8H3. The van der Waals surface area contributed by atoms with Gasteiger partial charge in [0.2, 0.25) is 0 Å². The van der Waals surface area contributed by atoms with Gasteiger partial charge in [0.1, 0.15) is 8.24 Å².